The molecule has 0 fully saturated rings. The van der Waals surface area contributed by atoms with Crippen LogP contribution in [0.25, 0.3) is 6.08 Å². The van der Waals surface area contributed by atoms with Gasteiger partial charge in [-0.3, -0.25) is 0 Å². The highest BCUT2D eigenvalue weighted by Gasteiger charge is 2.37. The average molecular weight is 413 g/mol. The molecule has 31 heavy (non-hydrogen) atoms. The van der Waals surface area contributed by atoms with Crippen molar-refractivity contribution in [3.8, 4) is 23.6 Å². The second-order valence-electron chi connectivity index (χ2n) is 6.89. The molecule has 0 unspecified atom stereocenters. The van der Waals surface area contributed by atoms with Crippen molar-refractivity contribution < 1.29 is 9.84 Å². The van der Waals surface area contributed by atoms with Crippen LogP contribution in [0.2, 0.25) is 0 Å². The molecule has 2 aromatic rings. The molecule has 0 radical (unpaired) electrons. The molecular formula is C24H23N5O2. The molecule has 7 heteroatoms. The number of phenols is 1. The first-order chi connectivity index (χ1) is 15.0. The van der Waals surface area contributed by atoms with E-state index in [1.165, 1.54) is 0 Å². The number of aromatic hydroxyl groups is 1. The quantitative estimate of drug-likeness (QED) is 0.527. The Bertz CT molecular complexity index is 1110. The molecule has 2 atom stereocenters. The second kappa shape index (κ2) is 9.62. The molecule has 156 valence electrons. The van der Waals surface area contributed by atoms with Crippen molar-refractivity contribution in [1.82, 2.24) is 0 Å². The Morgan fingerprint density at radius 3 is 2.68 bits per heavy atom. The van der Waals surface area contributed by atoms with Crippen LogP contribution in [0.15, 0.2) is 65.8 Å². The van der Waals surface area contributed by atoms with E-state index in [1.54, 1.807) is 29.3 Å². The molecular weight excluding hydrogens is 390 g/mol. The number of hydrazone groups is 1. The van der Waals surface area contributed by atoms with Gasteiger partial charge < -0.3 is 15.6 Å². The van der Waals surface area contributed by atoms with Crippen molar-refractivity contribution in [3.05, 3.63) is 71.8 Å². The van der Waals surface area contributed by atoms with Crippen LogP contribution in [0, 0.1) is 28.6 Å². The summed E-state index contributed by atoms with van der Waals surface area (Å²) in [6.45, 7) is 5.91. The van der Waals surface area contributed by atoms with E-state index >= 15 is 0 Å². The number of benzene rings is 2. The fourth-order valence-corrected chi connectivity index (χ4v) is 3.40. The second-order valence-corrected chi connectivity index (χ2v) is 6.89. The van der Waals surface area contributed by atoms with Gasteiger partial charge in [-0.05, 0) is 49.2 Å². The number of para-hydroxylation sites is 1. The normalized spacial score (nSPS) is 18.1. The lowest BCUT2D eigenvalue weighted by Crippen LogP contribution is -2.40. The molecule has 1 aliphatic heterocycles. The van der Waals surface area contributed by atoms with Gasteiger partial charge in [0.25, 0.3) is 0 Å². The van der Waals surface area contributed by atoms with Crippen LogP contribution in [0.1, 0.15) is 18.1 Å². The Hall–Kier alpha value is -4.07. The molecule has 1 heterocycles. The summed E-state index contributed by atoms with van der Waals surface area (Å²) < 4.78 is 5.53. The summed E-state index contributed by atoms with van der Waals surface area (Å²) in [7, 11) is 0. The highest BCUT2D eigenvalue weighted by atomic mass is 16.5. The van der Waals surface area contributed by atoms with E-state index in [9.17, 15) is 15.6 Å². The summed E-state index contributed by atoms with van der Waals surface area (Å²) in [5, 5.41) is 36.0. The van der Waals surface area contributed by atoms with E-state index in [0.29, 0.717) is 35.6 Å². The fourth-order valence-electron chi connectivity index (χ4n) is 3.40. The van der Waals surface area contributed by atoms with E-state index in [4.69, 9.17) is 10.5 Å². The van der Waals surface area contributed by atoms with Gasteiger partial charge in [-0.1, -0.05) is 24.3 Å². The summed E-state index contributed by atoms with van der Waals surface area (Å²) in [5.41, 5.74) is 8.80. The zero-order chi connectivity index (χ0) is 22.4. The molecule has 0 amide bonds. The fraction of sp³-hybridized carbons (Fsp3) is 0.208. The maximum Gasteiger partial charge on any atom is 0.161 e. The largest absolute Gasteiger partial charge is 0.504 e. The lowest BCUT2D eigenvalue weighted by Gasteiger charge is -2.21. The Labute approximate surface area is 181 Å². The van der Waals surface area contributed by atoms with Crippen molar-refractivity contribution in [1.29, 1.82) is 10.5 Å². The number of nitrogens with two attached hydrogens (primary N) is 1. The first-order valence-corrected chi connectivity index (χ1v) is 9.83. The molecule has 3 N–H and O–H groups in total. The highest BCUT2D eigenvalue weighted by Crippen LogP contribution is 2.34. The van der Waals surface area contributed by atoms with Crippen molar-refractivity contribution in [2.75, 3.05) is 11.6 Å². The first kappa shape index (κ1) is 21.6. The van der Waals surface area contributed by atoms with Gasteiger partial charge in [0.15, 0.2) is 11.5 Å². The number of hydrogen-bond acceptors (Lipinski definition) is 7. The van der Waals surface area contributed by atoms with Crippen LogP contribution >= 0.6 is 0 Å². The van der Waals surface area contributed by atoms with Crippen molar-refractivity contribution in [3.63, 3.8) is 0 Å². The van der Waals surface area contributed by atoms with Crippen LogP contribution < -0.4 is 15.5 Å². The van der Waals surface area contributed by atoms with Gasteiger partial charge in [0.05, 0.1) is 29.6 Å². The monoisotopic (exact) mass is 413 g/mol. The van der Waals surface area contributed by atoms with Crippen molar-refractivity contribution in [2.45, 2.75) is 19.5 Å². The Balaban J connectivity index is 2.07. The van der Waals surface area contributed by atoms with E-state index in [0.717, 1.165) is 5.69 Å². The van der Waals surface area contributed by atoms with Crippen molar-refractivity contribution >= 4 is 17.5 Å². The minimum atomic E-state index is -0.776. The lowest BCUT2D eigenvalue weighted by atomic mass is 9.95. The summed E-state index contributed by atoms with van der Waals surface area (Å²) in [4.78, 5) is 0. The number of anilines is 1. The number of phenolic OH excluding ortho intramolecular Hbond substituents is 1. The van der Waals surface area contributed by atoms with E-state index in [1.807, 2.05) is 37.3 Å². The maximum absolute atomic E-state index is 10.4. The van der Waals surface area contributed by atoms with Gasteiger partial charge >= 0.3 is 0 Å². The molecule has 3 rings (SSSR count). The number of rotatable bonds is 7. The number of nitriles is 2. The maximum atomic E-state index is 10.4. The lowest BCUT2D eigenvalue weighted by molar-refractivity contribution is 0.317. The van der Waals surface area contributed by atoms with Gasteiger partial charge in [-0.2, -0.15) is 15.6 Å². The van der Waals surface area contributed by atoms with E-state index in [2.05, 4.69) is 23.8 Å². The van der Waals surface area contributed by atoms with Crippen LogP contribution in [-0.4, -0.2) is 23.6 Å². The Morgan fingerprint density at radius 2 is 2.06 bits per heavy atom. The minimum absolute atomic E-state index is 0.0443. The van der Waals surface area contributed by atoms with Gasteiger partial charge in [0.2, 0.25) is 0 Å². The minimum Gasteiger partial charge on any atom is -0.504 e. The summed E-state index contributed by atoms with van der Waals surface area (Å²) in [6, 6.07) is 17.0. The third-order valence-electron chi connectivity index (χ3n) is 4.84. The molecule has 0 bridgehead atoms. The van der Waals surface area contributed by atoms with E-state index in [-0.39, 0.29) is 11.3 Å². The third kappa shape index (κ3) is 4.42. The summed E-state index contributed by atoms with van der Waals surface area (Å²) in [6.07, 6.45) is 3.02. The molecule has 7 nitrogen and oxygen atoms in total. The predicted octanol–water partition coefficient (Wildman–Crippen LogP) is 3.73. The highest BCUT2D eigenvalue weighted by molar-refractivity contribution is 6.11. The topological polar surface area (TPSA) is 119 Å². The molecule has 0 spiro atoms. The zero-order valence-electron chi connectivity index (χ0n) is 17.2. The summed E-state index contributed by atoms with van der Waals surface area (Å²) >= 11 is 0. The third-order valence-corrected chi connectivity index (χ3v) is 4.84. The molecule has 0 aliphatic carbocycles. The van der Waals surface area contributed by atoms with Crippen LogP contribution in [-0.2, 0) is 6.42 Å². The smallest absolute Gasteiger partial charge is 0.161 e. The standard InChI is InChI=1S/C24H23N5O2/c1-3-8-17-11-16(13-21(23(17)30)31-4-2)12-18(14-25)22-20(15-26)24(27)29(28-22)19-9-6-5-7-10-19/h3,5-7,9-13,20,24,30H,1,4,8,27H2,2H3/b18-12-/t20-,24-/m1/s1. The average Bonchev–Trinajstić information content (AvgIpc) is 3.12. The van der Waals surface area contributed by atoms with Gasteiger partial charge in [-0.25, -0.2) is 5.01 Å². The molecule has 0 saturated carbocycles. The number of ether oxygens (including phenoxy) is 1. The number of hydrogen-bond donors (Lipinski definition) is 2. The van der Waals surface area contributed by atoms with Crippen LogP contribution in [0.3, 0.4) is 0 Å². The Kier molecular flexibility index (Phi) is 6.71. The first-order valence-electron chi connectivity index (χ1n) is 9.83. The van der Waals surface area contributed by atoms with Crippen LogP contribution in [0.5, 0.6) is 11.5 Å². The molecule has 0 aromatic heterocycles. The molecule has 1 aliphatic rings. The molecule has 2 aromatic carbocycles. The number of nitrogens with zero attached hydrogens (tertiary/aromatic N) is 4. The van der Waals surface area contributed by atoms with E-state index < -0.39 is 12.1 Å². The SMILES string of the molecule is C=CCc1cc(/C=C(/C#N)C2=NN(c3ccccc3)[C@@H](N)[C@@H]2C#N)cc(OCC)c1O. The Morgan fingerprint density at radius 1 is 1.32 bits per heavy atom. The molecule has 0 saturated heterocycles. The van der Waals surface area contributed by atoms with Gasteiger partial charge in [0, 0.05) is 5.56 Å². The van der Waals surface area contributed by atoms with Gasteiger partial charge in [-0.15, -0.1) is 6.58 Å². The predicted molar refractivity (Wildman–Crippen MR) is 120 cm³/mol. The van der Waals surface area contributed by atoms with Crippen LogP contribution in [0.4, 0.5) is 5.69 Å². The summed E-state index contributed by atoms with van der Waals surface area (Å²) in [5.74, 6) is -0.414. The van der Waals surface area contributed by atoms with Crippen molar-refractivity contribution in [2.24, 2.45) is 16.8 Å². The zero-order valence-corrected chi connectivity index (χ0v) is 17.2. The van der Waals surface area contributed by atoms with Gasteiger partial charge in [0.1, 0.15) is 18.2 Å². The number of allylic oxidation sites excluding steroid dienone is 2.